The fourth-order valence-electron chi connectivity index (χ4n) is 17.2. The van der Waals surface area contributed by atoms with E-state index in [9.17, 15) is 0 Å². The van der Waals surface area contributed by atoms with Crippen molar-refractivity contribution in [2.45, 2.75) is 180 Å². The molecule has 15 rings (SSSR count). The van der Waals surface area contributed by atoms with Gasteiger partial charge in [0.1, 0.15) is 0 Å². The number of hydrogen-bond acceptors (Lipinski definition) is 3. The van der Waals surface area contributed by atoms with Gasteiger partial charge in [-0.2, -0.15) is 0 Å². The van der Waals surface area contributed by atoms with Crippen molar-refractivity contribution in [3.05, 3.63) is 225 Å². The van der Waals surface area contributed by atoms with Crippen LogP contribution in [0.4, 0.5) is 39.8 Å². The van der Waals surface area contributed by atoms with Gasteiger partial charge >= 0.3 is 0 Å². The normalized spacial score (nSPS) is 22.7. The van der Waals surface area contributed by atoms with Gasteiger partial charge in [0.05, 0.1) is 16.8 Å². The highest BCUT2D eigenvalue weighted by Gasteiger charge is 2.65. The second-order valence-corrected chi connectivity index (χ2v) is 31.2. The summed E-state index contributed by atoms with van der Waals surface area (Å²) in [6, 6.07) is 68.3. The molecule has 0 amide bonds. The Kier molecular flexibility index (Phi) is 10.9. The highest BCUT2D eigenvalue weighted by atomic mass is 15.3. The first-order chi connectivity index (χ1) is 39.7. The van der Waals surface area contributed by atoms with Crippen molar-refractivity contribution in [3.8, 4) is 11.1 Å². The van der Waals surface area contributed by atoms with Crippen molar-refractivity contribution >= 4 is 73.7 Å². The molecule has 422 valence electrons. The van der Waals surface area contributed by atoms with Crippen LogP contribution in [-0.4, -0.2) is 6.71 Å². The van der Waals surface area contributed by atoms with Gasteiger partial charge in [-0.15, -0.1) is 0 Å². The molecule has 0 spiro atoms. The fourth-order valence-corrected chi connectivity index (χ4v) is 17.2. The van der Waals surface area contributed by atoms with Gasteiger partial charge < -0.3 is 14.7 Å². The standard InChI is InChI=1S/C80H84BN3/c1-73(2,3)54-31-34-66(59(42-54)53-30-29-49-23-17-18-26-52(49)41-53)82-68-36-33-56(75(7,8)9)45-64(68)81-65-46-57(76(10,11)12)44-63-72(65)84(80(16)61-28-22-20-25-51(61)38-40-78(63,80)14)70-48-58(47-69(82)71(70)81)83-67-35-32-55(74(4,5)6)43-62(67)77(13)39-37-50-24-19-21-27-60(50)79(77,83)15/h17-36,41-48H,37-40H2,1-16H3. The predicted molar refractivity (Wildman–Crippen MR) is 360 cm³/mol. The maximum atomic E-state index is 2.95. The summed E-state index contributed by atoms with van der Waals surface area (Å²) in [5.41, 5.74) is 28.5. The Labute approximate surface area is 502 Å². The number of nitrogens with zero attached hydrogens (tertiary/aromatic N) is 3. The Bertz CT molecular complexity index is 4300. The van der Waals surface area contributed by atoms with E-state index in [2.05, 4.69) is 295 Å². The smallest absolute Gasteiger partial charge is 0.252 e. The summed E-state index contributed by atoms with van der Waals surface area (Å²) in [4.78, 5) is 8.55. The molecule has 3 nitrogen and oxygen atoms in total. The zero-order valence-electron chi connectivity index (χ0n) is 52.9. The number of rotatable bonds is 3. The highest BCUT2D eigenvalue weighted by Crippen LogP contribution is 2.68. The molecule has 9 aromatic carbocycles. The molecule has 0 saturated heterocycles. The molecule has 4 unspecified atom stereocenters. The Morgan fingerprint density at radius 2 is 0.881 bits per heavy atom. The van der Waals surface area contributed by atoms with Crippen LogP contribution in [-0.2, 0) is 56.4 Å². The van der Waals surface area contributed by atoms with E-state index in [1.165, 1.54) is 134 Å². The van der Waals surface area contributed by atoms with Crippen LogP contribution in [0.5, 0.6) is 0 Å². The molecule has 9 aromatic rings. The topological polar surface area (TPSA) is 9.72 Å². The van der Waals surface area contributed by atoms with E-state index >= 15 is 0 Å². The third kappa shape index (κ3) is 7.06. The van der Waals surface area contributed by atoms with Gasteiger partial charge in [-0.3, -0.25) is 0 Å². The van der Waals surface area contributed by atoms with Crippen LogP contribution in [0.1, 0.15) is 179 Å². The third-order valence-electron chi connectivity index (χ3n) is 22.5. The summed E-state index contributed by atoms with van der Waals surface area (Å²) in [6.45, 7) is 39.1. The quantitative estimate of drug-likeness (QED) is 0.163. The summed E-state index contributed by atoms with van der Waals surface area (Å²) in [6.07, 6.45) is 4.24. The molecular formula is C80H84BN3. The molecule has 6 aliphatic rings. The molecule has 4 heterocycles. The van der Waals surface area contributed by atoms with Crippen molar-refractivity contribution in [1.29, 1.82) is 0 Å². The van der Waals surface area contributed by atoms with E-state index in [4.69, 9.17) is 0 Å². The molecule has 0 bridgehead atoms. The number of hydrogen-bond donors (Lipinski definition) is 0. The van der Waals surface area contributed by atoms with Crippen LogP contribution >= 0.6 is 0 Å². The highest BCUT2D eigenvalue weighted by molar-refractivity contribution is 7.00. The predicted octanol–water partition coefficient (Wildman–Crippen LogP) is 18.9. The Balaban J connectivity index is 1.12. The molecular weight excluding hydrogens is 1010 g/mol. The molecule has 0 N–H and O–H groups in total. The minimum Gasteiger partial charge on any atom is -0.331 e. The molecule has 0 radical (unpaired) electrons. The lowest BCUT2D eigenvalue weighted by molar-refractivity contribution is 0.244. The van der Waals surface area contributed by atoms with Gasteiger partial charge in [0.25, 0.3) is 6.71 Å². The summed E-state index contributed by atoms with van der Waals surface area (Å²) in [5, 5.41) is 2.51. The van der Waals surface area contributed by atoms with E-state index < -0.39 is 11.1 Å². The monoisotopic (exact) mass is 1100 g/mol. The Hall–Kier alpha value is -7.30. The fraction of sp³-hybridized carbons (Fsp3) is 0.350. The minimum absolute atomic E-state index is 0.00902. The van der Waals surface area contributed by atoms with E-state index in [-0.39, 0.29) is 39.2 Å². The molecule has 4 atom stereocenters. The van der Waals surface area contributed by atoms with Gasteiger partial charge in [-0.25, -0.2) is 0 Å². The van der Waals surface area contributed by atoms with Crippen molar-refractivity contribution in [2.24, 2.45) is 0 Å². The second-order valence-electron chi connectivity index (χ2n) is 31.2. The van der Waals surface area contributed by atoms with Gasteiger partial charge in [0.2, 0.25) is 0 Å². The lowest BCUT2D eigenvalue weighted by Gasteiger charge is -2.54. The second kappa shape index (κ2) is 17.2. The van der Waals surface area contributed by atoms with Crippen LogP contribution in [0.2, 0.25) is 0 Å². The van der Waals surface area contributed by atoms with E-state index in [1.807, 2.05) is 0 Å². The van der Waals surface area contributed by atoms with E-state index in [0.29, 0.717) is 0 Å². The Morgan fingerprint density at radius 1 is 0.381 bits per heavy atom. The largest absolute Gasteiger partial charge is 0.331 e. The van der Waals surface area contributed by atoms with Crippen LogP contribution in [0.3, 0.4) is 0 Å². The number of anilines is 7. The van der Waals surface area contributed by atoms with Crippen molar-refractivity contribution in [1.82, 2.24) is 0 Å². The van der Waals surface area contributed by atoms with Gasteiger partial charge in [0, 0.05) is 50.5 Å². The molecule has 4 heteroatoms. The van der Waals surface area contributed by atoms with Crippen LogP contribution in [0.25, 0.3) is 21.9 Å². The van der Waals surface area contributed by atoms with Gasteiger partial charge in [-0.05, 0) is 192 Å². The molecule has 0 aromatic heterocycles. The molecule has 4 aliphatic heterocycles. The number of aryl methyl sites for hydroxylation is 2. The average Bonchev–Trinajstić information content (AvgIpc) is 1.46. The minimum atomic E-state index is -0.426. The lowest BCUT2D eigenvalue weighted by Crippen LogP contribution is -2.64. The molecule has 0 saturated carbocycles. The van der Waals surface area contributed by atoms with Gasteiger partial charge in [-0.1, -0.05) is 224 Å². The molecule has 2 aliphatic carbocycles. The molecule has 0 fully saturated rings. The van der Waals surface area contributed by atoms with Crippen molar-refractivity contribution in [3.63, 3.8) is 0 Å². The SMILES string of the molecule is CC(C)(C)c1ccc2c(c1)B1c3cc(C(C)(C)C)cc4c3N(c3cc(N5c6ccc(C(C)(C)C)cc6C6(C)CCc7ccccc7C56C)cc(c31)N2c1ccc(C(C)(C)C)cc1-c1ccc2ccccc2c1)C1(C)c2ccccc2CCC41C. The van der Waals surface area contributed by atoms with Crippen molar-refractivity contribution in [2.75, 3.05) is 14.7 Å². The van der Waals surface area contributed by atoms with E-state index in [1.54, 1.807) is 0 Å². The number of benzene rings is 9. The first-order valence-corrected chi connectivity index (χ1v) is 31.5. The van der Waals surface area contributed by atoms with Crippen LogP contribution in [0.15, 0.2) is 170 Å². The van der Waals surface area contributed by atoms with Crippen molar-refractivity contribution < 1.29 is 0 Å². The average molecular weight is 1100 g/mol. The zero-order valence-corrected chi connectivity index (χ0v) is 52.9. The lowest BCUT2D eigenvalue weighted by atomic mass is 9.33. The summed E-state index contributed by atoms with van der Waals surface area (Å²) >= 11 is 0. The van der Waals surface area contributed by atoms with Gasteiger partial charge in [0.15, 0.2) is 0 Å². The molecule has 84 heavy (non-hydrogen) atoms. The summed E-state index contributed by atoms with van der Waals surface area (Å²) < 4.78 is 0. The first-order valence-electron chi connectivity index (χ1n) is 31.5. The first kappa shape index (κ1) is 53.4. The third-order valence-corrected chi connectivity index (χ3v) is 22.5. The summed E-state index contributed by atoms with van der Waals surface area (Å²) in [5.74, 6) is 0. The maximum Gasteiger partial charge on any atom is 0.252 e. The maximum absolute atomic E-state index is 2.95. The number of fused-ring (bicyclic) bond motifs is 15. The summed E-state index contributed by atoms with van der Waals surface area (Å²) in [7, 11) is 0. The zero-order chi connectivity index (χ0) is 58.8. The van der Waals surface area contributed by atoms with E-state index in [0.717, 1.165) is 25.7 Å². The Morgan fingerprint density at radius 3 is 1.51 bits per heavy atom. The van der Waals surface area contributed by atoms with Crippen LogP contribution in [0, 0.1) is 0 Å². The van der Waals surface area contributed by atoms with Crippen LogP contribution < -0.4 is 31.1 Å².